The smallest absolute Gasteiger partial charge is 0.416 e. The van der Waals surface area contributed by atoms with Gasteiger partial charge in [0.15, 0.2) is 0 Å². The normalized spacial score (nSPS) is 19.5. The van der Waals surface area contributed by atoms with E-state index in [2.05, 4.69) is 10.6 Å². The zero-order valence-corrected chi connectivity index (χ0v) is 15.3. The molecule has 0 radical (unpaired) electrons. The molecule has 0 unspecified atom stereocenters. The van der Waals surface area contributed by atoms with Crippen molar-refractivity contribution in [1.82, 2.24) is 15.5 Å². The van der Waals surface area contributed by atoms with E-state index in [1.54, 1.807) is 6.92 Å². The van der Waals surface area contributed by atoms with Crippen LogP contribution >= 0.6 is 0 Å². The Balaban J connectivity index is 1.77. The minimum Gasteiger partial charge on any atom is -0.480 e. The van der Waals surface area contributed by atoms with Gasteiger partial charge < -0.3 is 15.7 Å². The molecule has 2 rings (SSSR count). The average molecular weight is 387 g/mol. The van der Waals surface area contributed by atoms with Gasteiger partial charge in [-0.25, -0.2) is 4.79 Å². The molecule has 0 aliphatic heterocycles. The fourth-order valence-corrected chi connectivity index (χ4v) is 3.16. The number of urea groups is 1. The zero-order chi connectivity index (χ0) is 20.2. The molecule has 1 saturated carbocycles. The molecule has 0 saturated heterocycles. The van der Waals surface area contributed by atoms with Gasteiger partial charge in [-0.05, 0) is 49.6 Å². The van der Waals surface area contributed by atoms with Gasteiger partial charge in [0.25, 0.3) is 0 Å². The summed E-state index contributed by atoms with van der Waals surface area (Å²) in [5.41, 5.74) is 0.361. The number of aliphatic carboxylic acids is 1. The van der Waals surface area contributed by atoms with Gasteiger partial charge in [-0.2, -0.15) is 13.2 Å². The van der Waals surface area contributed by atoms with E-state index >= 15 is 0 Å². The fraction of sp³-hybridized carbons (Fsp3) is 0.556. The molecular weight excluding hydrogens is 363 g/mol. The average Bonchev–Trinajstić information content (AvgIpc) is 2.53. The van der Waals surface area contributed by atoms with E-state index in [9.17, 15) is 22.8 Å². The van der Waals surface area contributed by atoms with Crippen molar-refractivity contribution in [2.45, 2.75) is 51.5 Å². The van der Waals surface area contributed by atoms with E-state index in [-0.39, 0.29) is 31.2 Å². The Morgan fingerprint density at radius 1 is 1.30 bits per heavy atom. The van der Waals surface area contributed by atoms with Crippen molar-refractivity contribution in [3.05, 3.63) is 34.9 Å². The quantitative estimate of drug-likeness (QED) is 0.672. The van der Waals surface area contributed by atoms with E-state index in [0.29, 0.717) is 30.5 Å². The first-order valence-electron chi connectivity index (χ1n) is 8.77. The zero-order valence-electron chi connectivity index (χ0n) is 15.3. The van der Waals surface area contributed by atoms with Crippen LogP contribution in [0.15, 0.2) is 18.2 Å². The SMILES string of the molecule is CCN(CC(=O)O)C1CC(NC(=O)NCc2ccc(C(F)(F)F)cc2C)C1. The summed E-state index contributed by atoms with van der Waals surface area (Å²) in [4.78, 5) is 24.6. The van der Waals surface area contributed by atoms with Crippen molar-refractivity contribution in [3.63, 3.8) is 0 Å². The highest BCUT2D eigenvalue weighted by Crippen LogP contribution is 2.30. The lowest BCUT2D eigenvalue weighted by molar-refractivity contribution is -0.139. The second kappa shape index (κ2) is 8.60. The number of carboxylic acids is 1. The van der Waals surface area contributed by atoms with Gasteiger partial charge in [0.2, 0.25) is 0 Å². The third-order valence-corrected chi connectivity index (χ3v) is 4.82. The number of likely N-dealkylation sites (N-methyl/N-ethyl adjacent to an activating group) is 1. The number of carboxylic acid groups (broad SMARTS) is 1. The molecule has 0 bridgehead atoms. The summed E-state index contributed by atoms with van der Waals surface area (Å²) < 4.78 is 38.0. The van der Waals surface area contributed by atoms with Crippen molar-refractivity contribution >= 4 is 12.0 Å². The van der Waals surface area contributed by atoms with Gasteiger partial charge in [0.05, 0.1) is 12.1 Å². The largest absolute Gasteiger partial charge is 0.480 e. The van der Waals surface area contributed by atoms with Crippen LogP contribution in [0.4, 0.5) is 18.0 Å². The number of hydrogen-bond donors (Lipinski definition) is 3. The standard InChI is InChI=1S/C18H24F3N3O3/c1-3-24(10-16(25)26)15-7-14(8-15)23-17(27)22-9-12-4-5-13(6-11(12)2)18(19,20)21/h4-6,14-15H,3,7-10H2,1-2H3,(H,25,26)(H2,22,23,27). The molecule has 27 heavy (non-hydrogen) atoms. The summed E-state index contributed by atoms with van der Waals surface area (Å²) >= 11 is 0. The first-order chi connectivity index (χ1) is 12.6. The van der Waals surface area contributed by atoms with Crippen LogP contribution in [-0.4, -0.2) is 47.2 Å². The van der Waals surface area contributed by atoms with Gasteiger partial charge in [0, 0.05) is 18.6 Å². The summed E-state index contributed by atoms with van der Waals surface area (Å²) in [7, 11) is 0. The van der Waals surface area contributed by atoms with Gasteiger partial charge in [-0.15, -0.1) is 0 Å². The van der Waals surface area contributed by atoms with E-state index in [1.165, 1.54) is 6.07 Å². The molecule has 1 aliphatic carbocycles. The fourth-order valence-electron chi connectivity index (χ4n) is 3.16. The molecule has 1 fully saturated rings. The Morgan fingerprint density at radius 2 is 1.96 bits per heavy atom. The predicted molar refractivity (Wildman–Crippen MR) is 93.2 cm³/mol. The predicted octanol–water partition coefficient (Wildman–Crippen LogP) is 2.75. The Hall–Kier alpha value is -2.29. The second-order valence-corrected chi connectivity index (χ2v) is 6.75. The molecule has 9 heteroatoms. The maximum atomic E-state index is 12.7. The summed E-state index contributed by atoms with van der Waals surface area (Å²) in [5, 5.41) is 14.3. The Morgan fingerprint density at radius 3 is 2.48 bits per heavy atom. The molecule has 1 aromatic rings. The van der Waals surface area contributed by atoms with Crippen molar-refractivity contribution in [3.8, 4) is 0 Å². The highest BCUT2D eigenvalue weighted by molar-refractivity contribution is 5.74. The number of carbonyl (C=O) groups is 2. The third-order valence-electron chi connectivity index (χ3n) is 4.82. The van der Waals surface area contributed by atoms with E-state index < -0.39 is 17.7 Å². The maximum absolute atomic E-state index is 12.7. The van der Waals surface area contributed by atoms with Crippen LogP contribution in [0.3, 0.4) is 0 Å². The number of nitrogens with one attached hydrogen (secondary N) is 2. The molecule has 1 aliphatic rings. The molecule has 2 amide bonds. The summed E-state index contributed by atoms with van der Waals surface area (Å²) in [6, 6.07) is 3.13. The van der Waals surface area contributed by atoms with Gasteiger partial charge >= 0.3 is 18.2 Å². The topological polar surface area (TPSA) is 81.7 Å². The summed E-state index contributed by atoms with van der Waals surface area (Å²) in [5.74, 6) is -0.877. The monoisotopic (exact) mass is 387 g/mol. The molecule has 0 aromatic heterocycles. The lowest BCUT2D eigenvalue weighted by atomic mass is 9.85. The minimum atomic E-state index is -4.39. The lowest BCUT2D eigenvalue weighted by Gasteiger charge is -2.42. The van der Waals surface area contributed by atoms with Gasteiger partial charge in [0.1, 0.15) is 0 Å². The first-order valence-corrected chi connectivity index (χ1v) is 8.77. The van der Waals surface area contributed by atoms with Crippen LogP contribution in [0.25, 0.3) is 0 Å². The number of nitrogens with zero attached hydrogens (tertiary/aromatic N) is 1. The number of aryl methyl sites for hydroxylation is 1. The summed E-state index contributed by atoms with van der Waals surface area (Å²) in [6.07, 6.45) is -3.04. The number of amides is 2. The van der Waals surface area contributed by atoms with Crippen LogP contribution < -0.4 is 10.6 Å². The molecule has 6 nitrogen and oxygen atoms in total. The number of rotatable bonds is 7. The summed E-state index contributed by atoms with van der Waals surface area (Å²) in [6.45, 7) is 4.20. The third kappa shape index (κ3) is 5.85. The molecule has 3 N–H and O–H groups in total. The molecule has 0 spiro atoms. The van der Waals surface area contributed by atoms with Crippen molar-refractivity contribution in [1.29, 1.82) is 0 Å². The van der Waals surface area contributed by atoms with Crippen molar-refractivity contribution in [2.24, 2.45) is 0 Å². The maximum Gasteiger partial charge on any atom is 0.416 e. The number of halogens is 3. The number of benzene rings is 1. The van der Waals surface area contributed by atoms with Crippen molar-refractivity contribution in [2.75, 3.05) is 13.1 Å². The van der Waals surface area contributed by atoms with E-state index in [0.717, 1.165) is 12.1 Å². The van der Waals surface area contributed by atoms with Crippen LogP contribution in [0.2, 0.25) is 0 Å². The highest BCUT2D eigenvalue weighted by Gasteiger charge is 2.34. The Bertz CT molecular complexity index is 688. The van der Waals surface area contributed by atoms with E-state index in [4.69, 9.17) is 5.11 Å². The Labute approximate surface area is 155 Å². The first kappa shape index (κ1) is 21.0. The lowest BCUT2D eigenvalue weighted by Crippen LogP contribution is -2.56. The number of alkyl halides is 3. The highest BCUT2D eigenvalue weighted by atomic mass is 19.4. The molecule has 150 valence electrons. The molecule has 1 aromatic carbocycles. The van der Waals surface area contributed by atoms with Crippen LogP contribution in [0, 0.1) is 6.92 Å². The Kier molecular flexibility index (Phi) is 6.69. The van der Waals surface area contributed by atoms with Crippen LogP contribution in [0.1, 0.15) is 36.5 Å². The van der Waals surface area contributed by atoms with Crippen molar-refractivity contribution < 1.29 is 27.9 Å². The van der Waals surface area contributed by atoms with E-state index in [1.807, 2.05) is 11.8 Å². The number of hydrogen-bond acceptors (Lipinski definition) is 3. The van der Waals surface area contributed by atoms with Crippen LogP contribution in [0.5, 0.6) is 0 Å². The second-order valence-electron chi connectivity index (χ2n) is 6.75. The molecular formula is C18H24F3N3O3. The minimum absolute atomic E-state index is 0.0206. The van der Waals surface area contributed by atoms with Gasteiger partial charge in [-0.3, -0.25) is 9.69 Å². The number of carbonyl (C=O) groups excluding carboxylic acids is 1. The molecule has 0 heterocycles. The molecule has 0 atom stereocenters. The van der Waals surface area contributed by atoms with Crippen LogP contribution in [-0.2, 0) is 17.5 Å². The van der Waals surface area contributed by atoms with Gasteiger partial charge in [-0.1, -0.05) is 13.0 Å².